The molecule has 1 N–H and O–H groups in total. The first-order valence-electron chi connectivity index (χ1n) is 8.30. The highest BCUT2D eigenvalue weighted by Gasteiger charge is 2.13. The Labute approximate surface area is 155 Å². The minimum atomic E-state index is -0.552. The van der Waals surface area contributed by atoms with Crippen molar-refractivity contribution in [1.82, 2.24) is 4.57 Å². The van der Waals surface area contributed by atoms with Crippen LogP contribution in [0.15, 0.2) is 71.7 Å². The predicted octanol–water partition coefficient (Wildman–Crippen LogP) is 3.49. The highest BCUT2D eigenvalue weighted by molar-refractivity contribution is 6.04. The Hall–Kier alpha value is -3.54. The molecule has 0 atom stereocenters. The first kappa shape index (κ1) is 18.3. The molecule has 0 radical (unpaired) electrons. The number of carbonyl (C=O) groups excluding carboxylic acids is 2. The number of nitrogens with zero attached hydrogens (tertiary/aromatic N) is 1. The second-order valence-electron chi connectivity index (χ2n) is 6.07. The van der Waals surface area contributed by atoms with E-state index < -0.39 is 11.5 Å². The molecule has 1 heterocycles. The van der Waals surface area contributed by atoms with Gasteiger partial charge in [-0.1, -0.05) is 12.1 Å². The fourth-order valence-corrected chi connectivity index (χ4v) is 2.65. The van der Waals surface area contributed by atoms with Crippen molar-refractivity contribution in [3.05, 3.63) is 99.7 Å². The Balaban J connectivity index is 1.81. The van der Waals surface area contributed by atoms with Gasteiger partial charge in [0.15, 0.2) is 5.78 Å². The monoisotopic (exact) mass is 364 g/mol. The number of hydrogen-bond donors (Lipinski definition) is 1. The SMILES string of the molecule is CC(=O)c1ccc(NC(=O)c2cccn(Cc3cccc(F)c3)c2=O)cc1. The number of amides is 1. The maximum atomic E-state index is 13.3. The lowest BCUT2D eigenvalue weighted by atomic mass is 10.1. The molecule has 3 aromatic rings. The van der Waals surface area contributed by atoms with Crippen molar-refractivity contribution in [2.75, 3.05) is 5.32 Å². The standard InChI is InChI=1S/C21H17FN2O3/c1-14(25)16-7-9-18(10-8-16)23-20(26)19-6-3-11-24(21(19)27)13-15-4-2-5-17(22)12-15/h2-12H,13H2,1H3,(H,23,26). The summed E-state index contributed by atoms with van der Waals surface area (Å²) >= 11 is 0. The van der Waals surface area contributed by atoms with Crippen LogP contribution >= 0.6 is 0 Å². The molecule has 0 unspecified atom stereocenters. The fourth-order valence-electron chi connectivity index (χ4n) is 2.65. The van der Waals surface area contributed by atoms with Crippen molar-refractivity contribution >= 4 is 17.4 Å². The van der Waals surface area contributed by atoms with Gasteiger partial charge in [0.2, 0.25) is 0 Å². The molecule has 3 rings (SSSR count). The highest BCUT2D eigenvalue weighted by atomic mass is 19.1. The third-order valence-electron chi connectivity index (χ3n) is 4.06. The number of halogens is 1. The normalized spacial score (nSPS) is 10.4. The predicted molar refractivity (Wildman–Crippen MR) is 101 cm³/mol. The van der Waals surface area contributed by atoms with Crippen LogP contribution in [0.3, 0.4) is 0 Å². The zero-order valence-corrected chi connectivity index (χ0v) is 14.6. The third kappa shape index (κ3) is 4.36. The Morgan fingerprint density at radius 3 is 2.44 bits per heavy atom. The van der Waals surface area contributed by atoms with Crippen LogP contribution in [-0.4, -0.2) is 16.3 Å². The van der Waals surface area contributed by atoms with Gasteiger partial charge in [0, 0.05) is 17.4 Å². The van der Waals surface area contributed by atoms with Gasteiger partial charge >= 0.3 is 0 Å². The van der Waals surface area contributed by atoms with E-state index in [1.165, 1.54) is 29.7 Å². The Bertz CT molecular complexity index is 1060. The van der Waals surface area contributed by atoms with Gasteiger partial charge in [-0.05, 0) is 61.0 Å². The average Bonchev–Trinajstić information content (AvgIpc) is 2.64. The van der Waals surface area contributed by atoms with E-state index in [1.54, 1.807) is 48.7 Å². The number of rotatable bonds is 5. The second-order valence-corrected chi connectivity index (χ2v) is 6.07. The Morgan fingerprint density at radius 2 is 1.78 bits per heavy atom. The molecule has 0 spiro atoms. The zero-order valence-electron chi connectivity index (χ0n) is 14.6. The van der Waals surface area contributed by atoms with Crippen molar-refractivity contribution in [3.63, 3.8) is 0 Å². The summed E-state index contributed by atoms with van der Waals surface area (Å²) in [5.41, 5.74) is 1.13. The summed E-state index contributed by atoms with van der Waals surface area (Å²) in [6.07, 6.45) is 1.55. The molecule has 0 aliphatic heterocycles. The van der Waals surface area contributed by atoms with E-state index >= 15 is 0 Å². The van der Waals surface area contributed by atoms with Crippen LogP contribution in [0.25, 0.3) is 0 Å². The van der Waals surface area contributed by atoms with Gasteiger partial charge in [0.25, 0.3) is 11.5 Å². The van der Waals surface area contributed by atoms with Crippen molar-refractivity contribution in [1.29, 1.82) is 0 Å². The zero-order chi connectivity index (χ0) is 19.4. The van der Waals surface area contributed by atoms with E-state index in [1.807, 2.05) is 0 Å². The van der Waals surface area contributed by atoms with Gasteiger partial charge < -0.3 is 9.88 Å². The first-order valence-corrected chi connectivity index (χ1v) is 8.30. The van der Waals surface area contributed by atoms with Crippen LogP contribution in [0.1, 0.15) is 33.2 Å². The lowest BCUT2D eigenvalue weighted by Gasteiger charge is -2.09. The molecule has 0 saturated carbocycles. The molecule has 0 saturated heterocycles. The molecule has 2 aromatic carbocycles. The molecule has 1 aromatic heterocycles. The number of ketones is 1. The van der Waals surface area contributed by atoms with Crippen LogP contribution in [0.2, 0.25) is 0 Å². The van der Waals surface area contributed by atoms with Crippen LogP contribution in [0.5, 0.6) is 0 Å². The fraction of sp³-hybridized carbons (Fsp3) is 0.0952. The van der Waals surface area contributed by atoms with Crippen LogP contribution < -0.4 is 10.9 Å². The lowest BCUT2D eigenvalue weighted by Crippen LogP contribution is -2.29. The minimum Gasteiger partial charge on any atom is -0.322 e. The second kappa shape index (κ2) is 7.78. The van der Waals surface area contributed by atoms with Crippen molar-refractivity contribution in [2.45, 2.75) is 13.5 Å². The first-order chi connectivity index (χ1) is 12.9. The Morgan fingerprint density at radius 1 is 1.04 bits per heavy atom. The maximum absolute atomic E-state index is 13.3. The summed E-state index contributed by atoms with van der Waals surface area (Å²) in [4.78, 5) is 36.4. The van der Waals surface area contributed by atoms with Crippen LogP contribution in [-0.2, 0) is 6.54 Å². The van der Waals surface area contributed by atoms with Gasteiger partial charge in [0.05, 0.1) is 6.54 Å². The summed E-state index contributed by atoms with van der Waals surface area (Å²) in [7, 11) is 0. The molecule has 0 fully saturated rings. The molecule has 27 heavy (non-hydrogen) atoms. The van der Waals surface area contributed by atoms with Crippen LogP contribution in [0.4, 0.5) is 10.1 Å². The van der Waals surface area contributed by atoms with E-state index in [4.69, 9.17) is 0 Å². The minimum absolute atomic E-state index is 0.0236. The van der Waals surface area contributed by atoms with Gasteiger partial charge in [-0.25, -0.2) is 4.39 Å². The Kier molecular flexibility index (Phi) is 5.26. The van der Waals surface area contributed by atoms with Crippen LogP contribution in [0, 0.1) is 5.82 Å². The van der Waals surface area contributed by atoms with Gasteiger partial charge in [-0.3, -0.25) is 14.4 Å². The van der Waals surface area contributed by atoms with E-state index in [0.717, 1.165) is 0 Å². The number of carbonyl (C=O) groups is 2. The quantitative estimate of drug-likeness (QED) is 0.705. The molecular formula is C21H17FN2O3. The molecule has 0 aliphatic carbocycles. The summed E-state index contributed by atoms with van der Waals surface area (Å²) in [5.74, 6) is -1.01. The smallest absolute Gasteiger partial charge is 0.263 e. The van der Waals surface area contributed by atoms with Gasteiger partial charge in [-0.2, -0.15) is 0 Å². The number of anilines is 1. The maximum Gasteiger partial charge on any atom is 0.263 e. The topological polar surface area (TPSA) is 68.2 Å². The highest BCUT2D eigenvalue weighted by Crippen LogP contribution is 2.11. The molecule has 1 amide bonds. The summed E-state index contributed by atoms with van der Waals surface area (Å²) in [6.45, 7) is 1.61. The number of benzene rings is 2. The molecule has 0 bridgehead atoms. The van der Waals surface area contributed by atoms with Gasteiger partial charge in [-0.15, -0.1) is 0 Å². The number of pyridine rings is 1. The van der Waals surface area contributed by atoms with E-state index in [0.29, 0.717) is 16.8 Å². The molecule has 6 heteroatoms. The van der Waals surface area contributed by atoms with E-state index in [9.17, 15) is 18.8 Å². The van der Waals surface area contributed by atoms with Crippen molar-refractivity contribution in [2.24, 2.45) is 0 Å². The van der Waals surface area contributed by atoms with E-state index in [2.05, 4.69) is 5.32 Å². The number of nitrogens with one attached hydrogen (secondary N) is 1. The number of aromatic nitrogens is 1. The van der Waals surface area contributed by atoms with Crippen molar-refractivity contribution < 1.29 is 14.0 Å². The number of Topliss-reactive ketones (excluding diaryl/α,β-unsaturated/α-hetero) is 1. The third-order valence-corrected chi connectivity index (χ3v) is 4.06. The average molecular weight is 364 g/mol. The summed E-state index contributed by atoms with van der Waals surface area (Å²) in [6, 6.07) is 15.4. The molecule has 5 nitrogen and oxygen atoms in total. The molecule has 0 aliphatic rings. The lowest BCUT2D eigenvalue weighted by molar-refractivity contribution is 0.101. The molecular weight excluding hydrogens is 347 g/mol. The summed E-state index contributed by atoms with van der Waals surface area (Å²) < 4.78 is 14.7. The summed E-state index contributed by atoms with van der Waals surface area (Å²) in [5, 5.41) is 2.64. The largest absolute Gasteiger partial charge is 0.322 e. The molecule has 136 valence electrons. The van der Waals surface area contributed by atoms with E-state index in [-0.39, 0.29) is 23.7 Å². The number of hydrogen-bond acceptors (Lipinski definition) is 3. The van der Waals surface area contributed by atoms with Crippen molar-refractivity contribution in [3.8, 4) is 0 Å². The van der Waals surface area contributed by atoms with Gasteiger partial charge in [0.1, 0.15) is 11.4 Å².